The zero-order valence-corrected chi connectivity index (χ0v) is 18.9. The molecule has 0 aliphatic heterocycles. The normalized spacial score (nSPS) is 12.2. The van der Waals surface area contributed by atoms with Crippen molar-refractivity contribution in [1.29, 1.82) is 0 Å². The van der Waals surface area contributed by atoms with Crippen LogP contribution in [-0.2, 0) is 4.79 Å². The van der Waals surface area contributed by atoms with Gasteiger partial charge in [0, 0.05) is 28.1 Å². The van der Waals surface area contributed by atoms with Crippen molar-refractivity contribution in [1.82, 2.24) is 9.66 Å². The Bertz CT molecular complexity index is 1290. The molecule has 0 aliphatic rings. The molecule has 0 bridgehead atoms. The van der Waals surface area contributed by atoms with Gasteiger partial charge in [0.05, 0.1) is 22.0 Å². The van der Waals surface area contributed by atoms with Crippen molar-refractivity contribution < 1.29 is 14.5 Å². The molecule has 32 heavy (non-hydrogen) atoms. The summed E-state index contributed by atoms with van der Waals surface area (Å²) >= 11 is 3.36. The van der Waals surface area contributed by atoms with E-state index in [9.17, 15) is 19.7 Å². The lowest BCUT2D eigenvalue weighted by Crippen LogP contribution is -2.24. The topological polar surface area (TPSA) is 143 Å². The number of aromatic nitrogens is 2. The zero-order chi connectivity index (χ0) is 23.4. The minimum atomic E-state index is -0.703. The molecule has 1 amide bonds. The molecule has 3 rings (SSSR count). The summed E-state index contributed by atoms with van der Waals surface area (Å²) in [7, 11) is 0. The van der Waals surface area contributed by atoms with Gasteiger partial charge in [0.15, 0.2) is 6.61 Å². The highest BCUT2D eigenvalue weighted by molar-refractivity contribution is 9.10. The molecule has 0 fully saturated rings. The second-order valence-corrected chi connectivity index (χ2v) is 7.95. The largest absolute Gasteiger partial charge is 0.483 e. The van der Waals surface area contributed by atoms with Gasteiger partial charge in [-0.3, -0.25) is 19.7 Å². The Morgan fingerprint density at radius 3 is 2.78 bits per heavy atom. The summed E-state index contributed by atoms with van der Waals surface area (Å²) in [4.78, 5) is 39.5. The summed E-state index contributed by atoms with van der Waals surface area (Å²) in [5, 5.41) is 15.9. The molecule has 0 radical (unpaired) electrons. The number of carbonyl (C=O) groups is 1. The van der Waals surface area contributed by atoms with E-state index in [1.807, 2.05) is 13.8 Å². The number of primary amides is 1. The van der Waals surface area contributed by atoms with Crippen LogP contribution in [0.4, 0.5) is 5.69 Å². The lowest BCUT2D eigenvalue weighted by Gasteiger charge is -2.14. The Morgan fingerprint density at radius 1 is 1.38 bits per heavy atom. The molecule has 2 N–H and O–H groups in total. The number of nitrogens with two attached hydrogens (primary N) is 1. The van der Waals surface area contributed by atoms with E-state index in [0.717, 1.165) is 4.47 Å². The highest BCUT2D eigenvalue weighted by atomic mass is 79.9. The molecule has 1 aromatic heterocycles. The number of amides is 1. The molecule has 0 unspecified atom stereocenters. The molecular formula is C21H20BrN5O5. The van der Waals surface area contributed by atoms with Crippen molar-refractivity contribution in [2.24, 2.45) is 10.8 Å². The van der Waals surface area contributed by atoms with E-state index in [1.54, 1.807) is 18.2 Å². The predicted octanol–water partition coefficient (Wildman–Crippen LogP) is 3.33. The molecule has 166 valence electrons. The number of nitro groups is 1. The minimum Gasteiger partial charge on any atom is -0.483 e. The first-order valence-corrected chi connectivity index (χ1v) is 10.5. The molecule has 0 saturated heterocycles. The maximum absolute atomic E-state index is 13.2. The van der Waals surface area contributed by atoms with Crippen LogP contribution in [0.3, 0.4) is 0 Å². The van der Waals surface area contributed by atoms with Gasteiger partial charge in [0.1, 0.15) is 11.6 Å². The van der Waals surface area contributed by atoms with Crippen molar-refractivity contribution in [2.75, 3.05) is 6.61 Å². The molecule has 0 spiro atoms. The fourth-order valence-electron chi connectivity index (χ4n) is 2.93. The average Bonchev–Trinajstić information content (AvgIpc) is 2.76. The number of hydrogen-bond acceptors (Lipinski definition) is 7. The Hall–Kier alpha value is -3.60. The monoisotopic (exact) mass is 501 g/mol. The van der Waals surface area contributed by atoms with Gasteiger partial charge >= 0.3 is 0 Å². The van der Waals surface area contributed by atoms with E-state index >= 15 is 0 Å². The third-order valence-corrected chi connectivity index (χ3v) is 5.27. The summed E-state index contributed by atoms with van der Waals surface area (Å²) in [5.41, 5.74) is 5.29. The highest BCUT2D eigenvalue weighted by Gasteiger charge is 2.17. The SMILES string of the molecule is CC[C@H](C)c1nc2ccc(Br)cc2c(=O)n1N=Cc1cc([N+](=O)[O-])ccc1OCC(N)=O. The molecule has 2 aromatic carbocycles. The third-order valence-electron chi connectivity index (χ3n) is 4.77. The van der Waals surface area contributed by atoms with Crippen LogP contribution in [0, 0.1) is 10.1 Å². The second-order valence-electron chi connectivity index (χ2n) is 7.04. The quantitative estimate of drug-likeness (QED) is 0.284. The zero-order valence-electron chi connectivity index (χ0n) is 17.3. The standard InChI is InChI=1S/C21H20BrN5O5/c1-3-12(2)20-25-17-6-4-14(22)9-16(17)21(29)26(20)24-10-13-8-15(27(30)31)5-7-18(13)32-11-19(23)28/h4-10,12H,3,11H2,1-2H3,(H2,23,28)/t12-/m0/s1. The van der Waals surface area contributed by atoms with E-state index in [2.05, 4.69) is 26.0 Å². The fourth-order valence-corrected chi connectivity index (χ4v) is 3.29. The Morgan fingerprint density at radius 2 is 2.12 bits per heavy atom. The number of non-ortho nitro benzene ring substituents is 1. The minimum absolute atomic E-state index is 0.0800. The van der Waals surface area contributed by atoms with Crippen LogP contribution >= 0.6 is 15.9 Å². The number of ether oxygens (including phenoxy) is 1. The lowest BCUT2D eigenvalue weighted by molar-refractivity contribution is -0.384. The van der Waals surface area contributed by atoms with Crippen molar-refractivity contribution in [2.45, 2.75) is 26.2 Å². The number of halogens is 1. The Balaban J connectivity index is 2.17. The highest BCUT2D eigenvalue weighted by Crippen LogP contribution is 2.24. The van der Waals surface area contributed by atoms with Crippen molar-refractivity contribution in [3.8, 4) is 5.75 Å². The fraction of sp³-hybridized carbons (Fsp3) is 0.238. The maximum Gasteiger partial charge on any atom is 0.282 e. The molecule has 1 atom stereocenters. The van der Waals surface area contributed by atoms with Gasteiger partial charge in [-0.15, -0.1) is 0 Å². The average molecular weight is 502 g/mol. The predicted molar refractivity (Wildman–Crippen MR) is 123 cm³/mol. The lowest BCUT2D eigenvalue weighted by atomic mass is 10.1. The van der Waals surface area contributed by atoms with Gasteiger partial charge in [0.25, 0.3) is 17.2 Å². The molecule has 0 saturated carbocycles. The number of benzene rings is 2. The number of rotatable bonds is 8. The number of carbonyl (C=O) groups excluding carboxylic acids is 1. The van der Waals surface area contributed by atoms with Crippen LogP contribution in [0.15, 0.2) is 50.8 Å². The van der Waals surface area contributed by atoms with Gasteiger partial charge < -0.3 is 10.5 Å². The summed E-state index contributed by atoms with van der Waals surface area (Å²) in [6, 6.07) is 9.02. The first-order chi connectivity index (χ1) is 15.2. The van der Waals surface area contributed by atoms with Gasteiger partial charge in [-0.2, -0.15) is 9.78 Å². The van der Waals surface area contributed by atoms with Crippen LogP contribution in [0.1, 0.15) is 37.6 Å². The van der Waals surface area contributed by atoms with Crippen LogP contribution in [0.2, 0.25) is 0 Å². The van der Waals surface area contributed by atoms with Crippen molar-refractivity contribution in [3.05, 3.63) is 72.7 Å². The molecule has 0 aliphatic carbocycles. The molecule has 11 heteroatoms. The van der Waals surface area contributed by atoms with Gasteiger partial charge in [-0.1, -0.05) is 29.8 Å². The van der Waals surface area contributed by atoms with Crippen LogP contribution < -0.4 is 16.0 Å². The maximum atomic E-state index is 13.2. The van der Waals surface area contributed by atoms with Crippen LogP contribution in [0.25, 0.3) is 10.9 Å². The molecule has 10 nitrogen and oxygen atoms in total. The second kappa shape index (κ2) is 9.69. The third kappa shape index (κ3) is 4.99. The number of nitrogens with zero attached hydrogens (tertiary/aromatic N) is 4. The van der Waals surface area contributed by atoms with Gasteiger partial charge in [0.2, 0.25) is 0 Å². The van der Waals surface area contributed by atoms with Gasteiger partial charge in [-0.25, -0.2) is 4.98 Å². The summed E-state index contributed by atoms with van der Waals surface area (Å²) in [6.07, 6.45) is 1.98. The molecule has 3 aromatic rings. The van der Waals surface area contributed by atoms with E-state index in [4.69, 9.17) is 10.5 Å². The van der Waals surface area contributed by atoms with Crippen LogP contribution in [0.5, 0.6) is 5.75 Å². The Labute approximate surface area is 191 Å². The van der Waals surface area contributed by atoms with E-state index in [0.29, 0.717) is 23.1 Å². The van der Waals surface area contributed by atoms with E-state index in [-0.39, 0.29) is 28.5 Å². The smallest absolute Gasteiger partial charge is 0.282 e. The van der Waals surface area contributed by atoms with Crippen molar-refractivity contribution >= 4 is 44.6 Å². The van der Waals surface area contributed by atoms with E-state index < -0.39 is 17.4 Å². The molecular weight excluding hydrogens is 482 g/mol. The van der Waals surface area contributed by atoms with Gasteiger partial charge in [-0.05, 0) is 30.7 Å². The number of hydrogen-bond donors (Lipinski definition) is 1. The summed E-state index contributed by atoms with van der Waals surface area (Å²) in [6.45, 7) is 3.47. The van der Waals surface area contributed by atoms with Crippen LogP contribution in [-0.4, -0.2) is 33.3 Å². The van der Waals surface area contributed by atoms with E-state index in [1.165, 1.54) is 29.1 Å². The van der Waals surface area contributed by atoms with Crippen molar-refractivity contribution in [3.63, 3.8) is 0 Å². The summed E-state index contributed by atoms with van der Waals surface area (Å²) < 4.78 is 7.24. The number of nitro benzene ring substituents is 1. The summed E-state index contributed by atoms with van der Waals surface area (Å²) in [5.74, 6) is -0.171. The number of fused-ring (bicyclic) bond motifs is 1. The Kier molecular flexibility index (Phi) is 6.98. The molecule has 1 heterocycles. The first-order valence-electron chi connectivity index (χ1n) is 9.67. The first kappa shape index (κ1) is 23.1.